The van der Waals surface area contributed by atoms with E-state index in [4.69, 9.17) is 11.6 Å². The van der Waals surface area contributed by atoms with Crippen LogP contribution in [0.15, 0.2) is 6.33 Å². The summed E-state index contributed by atoms with van der Waals surface area (Å²) < 4.78 is 0. The highest BCUT2D eigenvalue weighted by atomic mass is 35.5. The third-order valence-electron chi connectivity index (χ3n) is 3.33. The van der Waals surface area contributed by atoms with Gasteiger partial charge >= 0.3 is 5.69 Å². The predicted octanol–water partition coefficient (Wildman–Crippen LogP) is 2.15. The van der Waals surface area contributed by atoms with E-state index in [1.165, 1.54) is 0 Å². The maximum absolute atomic E-state index is 10.9. The topological polar surface area (TPSA) is 101 Å². The minimum Gasteiger partial charge on any atom is -0.388 e. The van der Waals surface area contributed by atoms with Gasteiger partial charge in [-0.2, -0.15) is 0 Å². The van der Waals surface area contributed by atoms with Gasteiger partial charge in [-0.25, -0.2) is 9.97 Å². The van der Waals surface area contributed by atoms with E-state index in [9.17, 15) is 15.2 Å². The molecule has 1 aliphatic rings. The number of hydrogen-bond acceptors (Lipinski definition) is 6. The van der Waals surface area contributed by atoms with Crippen LogP contribution in [-0.4, -0.2) is 32.1 Å². The fourth-order valence-electron chi connectivity index (χ4n) is 2.28. The zero-order chi connectivity index (χ0) is 13.9. The van der Waals surface area contributed by atoms with Gasteiger partial charge in [0.05, 0.1) is 10.5 Å². The van der Waals surface area contributed by atoms with E-state index in [0.717, 1.165) is 25.6 Å². The molecule has 0 saturated heterocycles. The molecule has 1 heterocycles. The van der Waals surface area contributed by atoms with Gasteiger partial charge < -0.3 is 10.4 Å². The van der Waals surface area contributed by atoms with Crippen LogP contribution in [0.5, 0.6) is 0 Å². The van der Waals surface area contributed by atoms with E-state index in [-0.39, 0.29) is 23.2 Å². The summed E-state index contributed by atoms with van der Waals surface area (Å²) in [5.41, 5.74) is -1.19. The Morgan fingerprint density at radius 3 is 2.74 bits per heavy atom. The molecule has 1 aromatic rings. The lowest BCUT2D eigenvalue weighted by Crippen LogP contribution is -2.39. The molecule has 0 unspecified atom stereocenters. The Hall–Kier alpha value is -1.47. The number of aliphatic hydroxyl groups is 1. The van der Waals surface area contributed by atoms with E-state index < -0.39 is 10.5 Å². The molecule has 1 aromatic heterocycles. The zero-order valence-corrected chi connectivity index (χ0v) is 11.1. The van der Waals surface area contributed by atoms with Gasteiger partial charge in [-0.05, 0) is 12.8 Å². The van der Waals surface area contributed by atoms with Gasteiger partial charge in [-0.15, -0.1) is 0 Å². The van der Waals surface area contributed by atoms with Gasteiger partial charge in [-0.1, -0.05) is 30.9 Å². The van der Waals surface area contributed by atoms with Crippen LogP contribution in [0.1, 0.15) is 32.1 Å². The summed E-state index contributed by atoms with van der Waals surface area (Å²) in [6, 6.07) is 0. The lowest BCUT2D eigenvalue weighted by Gasteiger charge is -2.32. The smallest absolute Gasteiger partial charge is 0.348 e. The number of nitrogens with zero attached hydrogens (tertiary/aromatic N) is 3. The van der Waals surface area contributed by atoms with Crippen molar-refractivity contribution in [1.29, 1.82) is 0 Å². The van der Waals surface area contributed by atoms with Gasteiger partial charge in [0.2, 0.25) is 11.0 Å². The molecule has 0 bridgehead atoms. The third-order valence-corrected chi connectivity index (χ3v) is 3.61. The summed E-state index contributed by atoms with van der Waals surface area (Å²) in [4.78, 5) is 17.7. The number of aromatic nitrogens is 2. The molecule has 8 heteroatoms. The molecular weight excluding hydrogens is 272 g/mol. The number of halogens is 1. The van der Waals surface area contributed by atoms with Crippen LogP contribution in [0, 0.1) is 10.1 Å². The van der Waals surface area contributed by atoms with Gasteiger partial charge in [-0.3, -0.25) is 10.1 Å². The van der Waals surface area contributed by atoms with Crippen molar-refractivity contribution < 1.29 is 10.0 Å². The molecule has 104 valence electrons. The Morgan fingerprint density at radius 2 is 2.11 bits per heavy atom. The van der Waals surface area contributed by atoms with E-state index >= 15 is 0 Å². The van der Waals surface area contributed by atoms with Crippen molar-refractivity contribution >= 4 is 23.1 Å². The van der Waals surface area contributed by atoms with E-state index in [0.29, 0.717) is 12.8 Å². The van der Waals surface area contributed by atoms with Crippen molar-refractivity contribution in [3.63, 3.8) is 0 Å². The molecule has 1 saturated carbocycles. The van der Waals surface area contributed by atoms with Crippen LogP contribution in [0.4, 0.5) is 11.5 Å². The van der Waals surface area contributed by atoms with Crippen molar-refractivity contribution in [2.75, 3.05) is 11.9 Å². The molecule has 0 atom stereocenters. The molecular formula is C11H15ClN4O3. The fraction of sp³-hybridized carbons (Fsp3) is 0.636. The first kappa shape index (κ1) is 14.0. The highest BCUT2D eigenvalue weighted by Crippen LogP contribution is 2.31. The fourth-order valence-corrected chi connectivity index (χ4v) is 2.49. The Bertz CT molecular complexity index is 477. The van der Waals surface area contributed by atoms with Crippen LogP contribution >= 0.6 is 11.6 Å². The summed E-state index contributed by atoms with van der Waals surface area (Å²) in [5, 5.41) is 23.8. The highest BCUT2D eigenvalue weighted by molar-refractivity contribution is 6.31. The summed E-state index contributed by atoms with van der Waals surface area (Å²) in [5.74, 6) is 0.0454. The van der Waals surface area contributed by atoms with Crippen molar-refractivity contribution in [2.24, 2.45) is 0 Å². The highest BCUT2D eigenvalue weighted by Gasteiger charge is 2.30. The monoisotopic (exact) mass is 286 g/mol. The molecule has 0 radical (unpaired) electrons. The second kappa shape index (κ2) is 5.66. The minimum atomic E-state index is -0.830. The zero-order valence-electron chi connectivity index (χ0n) is 10.3. The SMILES string of the molecule is O=[N+]([O-])c1c(Cl)ncnc1NCC1(O)CCCCC1. The number of nitro groups is 1. The second-order valence-corrected chi connectivity index (χ2v) is 5.12. The molecule has 2 rings (SSSR count). The number of anilines is 1. The molecule has 7 nitrogen and oxygen atoms in total. The van der Waals surface area contributed by atoms with E-state index in [1.807, 2.05) is 0 Å². The van der Waals surface area contributed by atoms with Crippen LogP contribution in [0.2, 0.25) is 5.15 Å². The average Bonchev–Trinajstić information content (AvgIpc) is 2.37. The first-order valence-corrected chi connectivity index (χ1v) is 6.51. The summed E-state index contributed by atoms with van der Waals surface area (Å²) in [6.07, 6.45) is 5.57. The molecule has 0 amide bonds. The summed E-state index contributed by atoms with van der Waals surface area (Å²) >= 11 is 5.69. The van der Waals surface area contributed by atoms with Crippen molar-refractivity contribution in [2.45, 2.75) is 37.7 Å². The van der Waals surface area contributed by atoms with Crippen molar-refractivity contribution in [3.8, 4) is 0 Å². The van der Waals surface area contributed by atoms with Gasteiger partial charge in [0.25, 0.3) is 0 Å². The lowest BCUT2D eigenvalue weighted by molar-refractivity contribution is -0.384. The molecule has 19 heavy (non-hydrogen) atoms. The van der Waals surface area contributed by atoms with Crippen LogP contribution in [-0.2, 0) is 0 Å². The van der Waals surface area contributed by atoms with Crippen LogP contribution in [0.25, 0.3) is 0 Å². The Morgan fingerprint density at radius 1 is 1.42 bits per heavy atom. The van der Waals surface area contributed by atoms with Gasteiger partial charge in [0.15, 0.2) is 0 Å². The normalized spacial score (nSPS) is 18.0. The largest absolute Gasteiger partial charge is 0.388 e. The molecule has 0 aliphatic heterocycles. The Labute approximate surface area is 115 Å². The van der Waals surface area contributed by atoms with Crippen LogP contribution < -0.4 is 5.32 Å². The number of rotatable bonds is 4. The lowest BCUT2D eigenvalue weighted by atomic mass is 9.85. The van der Waals surface area contributed by atoms with E-state index in [2.05, 4.69) is 15.3 Å². The number of nitrogens with one attached hydrogen (secondary N) is 1. The molecule has 0 aromatic carbocycles. The molecule has 1 aliphatic carbocycles. The summed E-state index contributed by atoms with van der Waals surface area (Å²) in [7, 11) is 0. The standard InChI is InChI=1S/C11H15ClN4O3/c12-9-8(16(18)19)10(15-7-14-9)13-6-11(17)4-2-1-3-5-11/h7,17H,1-6H2,(H,13,14,15). The maximum atomic E-state index is 10.9. The Kier molecular flexibility index (Phi) is 4.16. The van der Waals surface area contributed by atoms with E-state index in [1.54, 1.807) is 0 Å². The Balaban J connectivity index is 2.11. The third kappa shape index (κ3) is 3.30. The summed E-state index contributed by atoms with van der Waals surface area (Å²) in [6.45, 7) is 0.223. The maximum Gasteiger partial charge on any atom is 0.348 e. The van der Waals surface area contributed by atoms with Crippen molar-refractivity contribution in [3.05, 3.63) is 21.6 Å². The first-order chi connectivity index (χ1) is 9.02. The molecule has 1 fully saturated rings. The quantitative estimate of drug-likeness (QED) is 0.499. The second-order valence-electron chi connectivity index (χ2n) is 4.76. The first-order valence-electron chi connectivity index (χ1n) is 6.13. The minimum absolute atomic E-state index is 0.0454. The van der Waals surface area contributed by atoms with Crippen LogP contribution in [0.3, 0.4) is 0 Å². The van der Waals surface area contributed by atoms with Gasteiger partial charge in [0.1, 0.15) is 6.33 Å². The molecule has 0 spiro atoms. The molecule has 2 N–H and O–H groups in total. The number of hydrogen-bond donors (Lipinski definition) is 2. The van der Waals surface area contributed by atoms with Crippen molar-refractivity contribution in [1.82, 2.24) is 9.97 Å². The van der Waals surface area contributed by atoms with Gasteiger partial charge in [0, 0.05) is 6.54 Å². The predicted molar refractivity (Wildman–Crippen MR) is 70.2 cm³/mol. The average molecular weight is 287 g/mol.